The number of hydrogen-bond donors (Lipinski definition) is 1. The van der Waals surface area contributed by atoms with E-state index in [9.17, 15) is 19.2 Å². The van der Waals surface area contributed by atoms with Crippen LogP contribution in [-0.4, -0.2) is 35.7 Å². The second kappa shape index (κ2) is 5.85. The van der Waals surface area contributed by atoms with Gasteiger partial charge in [-0.15, -0.1) is 0 Å². The third kappa shape index (κ3) is 5.87. The highest BCUT2D eigenvalue weighted by Gasteiger charge is 2.15. The highest BCUT2D eigenvalue weighted by Crippen LogP contribution is 1.96. The molecule has 0 aromatic carbocycles. The van der Waals surface area contributed by atoms with Gasteiger partial charge in [0.25, 0.3) is 0 Å². The van der Waals surface area contributed by atoms with E-state index in [4.69, 9.17) is 5.11 Å². The number of carboxylic acid groups (broad SMARTS) is 1. The third-order valence-corrected chi connectivity index (χ3v) is 1.31. The fourth-order valence-electron chi connectivity index (χ4n) is 0.747. The SMILES string of the molecule is COC(=O)CC(=O)CC(=O)CC(=O)O. The highest BCUT2D eigenvalue weighted by molar-refractivity contribution is 6.09. The molecule has 14 heavy (non-hydrogen) atoms. The van der Waals surface area contributed by atoms with Gasteiger partial charge in [0.15, 0.2) is 11.6 Å². The molecule has 0 spiro atoms. The predicted molar refractivity (Wildman–Crippen MR) is 43.5 cm³/mol. The van der Waals surface area contributed by atoms with Crippen molar-refractivity contribution in [1.29, 1.82) is 0 Å². The van der Waals surface area contributed by atoms with E-state index < -0.39 is 42.8 Å². The van der Waals surface area contributed by atoms with E-state index in [1.807, 2.05) is 0 Å². The first kappa shape index (κ1) is 12.3. The molecule has 78 valence electrons. The van der Waals surface area contributed by atoms with Crippen LogP contribution in [0.3, 0.4) is 0 Å². The largest absolute Gasteiger partial charge is 0.481 e. The van der Waals surface area contributed by atoms with Gasteiger partial charge in [0.05, 0.1) is 13.5 Å². The van der Waals surface area contributed by atoms with Crippen LogP contribution in [0, 0.1) is 0 Å². The number of esters is 1. The Labute approximate surface area is 79.8 Å². The molecule has 0 heterocycles. The van der Waals surface area contributed by atoms with Crippen molar-refractivity contribution in [1.82, 2.24) is 0 Å². The number of ketones is 2. The Hall–Kier alpha value is -1.72. The first-order valence-electron chi connectivity index (χ1n) is 3.77. The molecule has 0 aromatic rings. The molecule has 0 radical (unpaired) electrons. The maximum absolute atomic E-state index is 10.9. The lowest BCUT2D eigenvalue weighted by Gasteiger charge is -1.97. The van der Waals surface area contributed by atoms with Gasteiger partial charge >= 0.3 is 11.9 Å². The molecule has 0 unspecified atom stereocenters. The van der Waals surface area contributed by atoms with Crippen molar-refractivity contribution >= 4 is 23.5 Å². The van der Waals surface area contributed by atoms with Crippen LogP contribution in [0.4, 0.5) is 0 Å². The van der Waals surface area contributed by atoms with E-state index >= 15 is 0 Å². The summed E-state index contributed by atoms with van der Waals surface area (Å²) in [6.45, 7) is 0. The molecule has 0 bridgehead atoms. The normalized spacial score (nSPS) is 9.21. The smallest absolute Gasteiger partial charge is 0.313 e. The van der Waals surface area contributed by atoms with E-state index in [1.54, 1.807) is 0 Å². The summed E-state index contributed by atoms with van der Waals surface area (Å²) in [7, 11) is 1.12. The summed E-state index contributed by atoms with van der Waals surface area (Å²) in [5.41, 5.74) is 0. The summed E-state index contributed by atoms with van der Waals surface area (Å²) in [6, 6.07) is 0. The Morgan fingerprint density at radius 1 is 1.00 bits per heavy atom. The van der Waals surface area contributed by atoms with Gasteiger partial charge in [0.1, 0.15) is 12.8 Å². The van der Waals surface area contributed by atoms with Gasteiger partial charge < -0.3 is 9.84 Å². The van der Waals surface area contributed by atoms with Crippen LogP contribution in [0.15, 0.2) is 0 Å². The van der Waals surface area contributed by atoms with Crippen molar-refractivity contribution in [2.75, 3.05) is 7.11 Å². The second-order valence-corrected chi connectivity index (χ2v) is 2.58. The average molecular weight is 202 g/mol. The second-order valence-electron chi connectivity index (χ2n) is 2.58. The number of hydrogen-bond acceptors (Lipinski definition) is 5. The Bertz CT molecular complexity index is 267. The molecule has 1 N–H and O–H groups in total. The van der Waals surface area contributed by atoms with Gasteiger partial charge in [0, 0.05) is 0 Å². The summed E-state index contributed by atoms with van der Waals surface area (Å²) in [6.07, 6.45) is -1.74. The Morgan fingerprint density at radius 2 is 1.50 bits per heavy atom. The number of ether oxygens (including phenoxy) is 1. The molecule has 0 saturated heterocycles. The Balaban J connectivity index is 3.88. The molecule has 0 atom stereocenters. The molecule has 0 aromatic heterocycles. The average Bonchev–Trinajstić information content (AvgIpc) is 2.01. The third-order valence-electron chi connectivity index (χ3n) is 1.31. The van der Waals surface area contributed by atoms with Crippen molar-refractivity contribution in [2.24, 2.45) is 0 Å². The van der Waals surface area contributed by atoms with Gasteiger partial charge in [-0.1, -0.05) is 0 Å². The molecule has 0 aliphatic heterocycles. The summed E-state index contributed by atoms with van der Waals surface area (Å²) in [5.74, 6) is -3.38. The maximum Gasteiger partial charge on any atom is 0.313 e. The Morgan fingerprint density at radius 3 is 1.93 bits per heavy atom. The highest BCUT2D eigenvalue weighted by atomic mass is 16.5. The fourth-order valence-corrected chi connectivity index (χ4v) is 0.747. The van der Waals surface area contributed by atoms with Crippen LogP contribution < -0.4 is 0 Å². The lowest BCUT2D eigenvalue weighted by molar-refractivity contribution is -0.143. The van der Waals surface area contributed by atoms with Crippen LogP contribution in [0.2, 0.25) is 0 Å². The van der Waals surface area contributed by atoms with Gasteiger partial charge in [-0.25, -0.2) is 0 Å². The molecule has 6 heteroatoms. The summed E-state index contributed by atoms with van der Waals surface area (Å²) in [4.78, 5) is 42.3. The standard InChI is InChI=1S/C8H10O6/c1-14-8(13)4-6(10)2-5(9)3-7(11)12/h2-4H2,1H3,(H,11,12). The minimum Gasteiger partial charge on any atom is -0.481 e. The number of methoxy groups -OCH3 is 1. The number of carbonyl (C=O) groups excluding carboxylic acids is 3. The molecule has 6 nitrogen and oxygen atoms in total. The number of rotatable bonds is 6. The van der Waals surface area contributed by atoms with E-state index in [1.165, 1.54) is 0 Å². The van der Waals surface area contributed by atoms with Gasteiger partial charge in [0.2, 0.25) is 0 Å². The lowest BCUT2D eigenvalue weighted by Crippen LogP contribution is -2.15. The van der Waals surface area contributed by atoms with E-state index in [0.29, 0.717) is 0 Å². The van der Waals surface area contributed by atoms with Crippen molar-refractivity contribution in [2.45, 2.75) is 19.3 Å². The van der Waals surface area contributed by atoms with Gasteiger partial charge in [-0.3, -0.25) is 19.2 Å². The first-order chi connectivity index (χ1) is 6.45. The molecular formula is C8H10O6. The van der Waals surface area contributed by atoms with Gasteiger partial charge in [-0.05, 0) is 0 Å². The van der Waals surface area contributed by atoms with Crippen molar-refractivity contribution in [3.05, 3.63) is 0 Å². The molecule has 0 saturated carbocycles. The zero-order valence-corrected chi connectivity index (χ0v) is 7.61. The van der Waals surface area contributed by atoms with Crippen LogP contribution in [-0.2, 0) is 23.9 Å². The van der Waals surface area contributed by atoms with E-state index in [2.05, 4.69) is 4.74 Å². The van der Waals surface area contributed by atoms with Crippen LogP contribution in [0.1, 0.15) is 19.3 Å². The number of carbonyl (C=O) groups is 4. The number of carboxylic acids is 1. The van der Waals surface area contributed by atoms with Crippen LogP contribution in [0.25, 0.3) is 0 Å². The maximum atomic E-state index is 10.9. The monoisotopic (exact) mass is 202 g/mol. The van der Waals surface area contributed by atoms with Crippen molar-refractivity contribution in [3.8, 4) is 0 Å². The van der Waals surface area contributed by atoms with E-state index in [-0.39, 0.29) is 0 Å². The first-order valence-corrected chi connectivity index (χ1v) is 3.77. The molecular weight excluding hydrogens is 192 g/mol. The summed E-state index contributed by atoms with van der Waals surface area (Å²) < 4.78 is 4.20. The van der Waals surface area contributed by atoms with Gasteiger partial charge in [-0.2, -0.15) is 0 Å². The lowest BCUT2D eigenvalue weighted by atomic mass is 10.1. The Kier molecular flexibility index (Phi) is 5.13. The van der Waals surface area contributed by atoms with E-state index in [0.717, 1.165) is 7.11 Å². The molecule has 0 aliphatic carbocycles. The molecule has 0 amide bonds. The molecule has 0 aliphatic rings. The topological polar surface area (TPSA) is 97.7 Å². The zero-order valence-electron chi connectivity index (χ0n) is 7.61. The predicted octanol–water partition coefficient (Wildman–Crippen LogP) is -0.448. The minimum absolute atomic E-state index is 0.498. The minimum atomic E-state index is -1.29. The molecule has 0 fully saturated rings. The zero-order chi connectivity index (χ0) is 11.1. The summed E-state index contributed by atoms with van der Waals surface area (Å²) in [5, 5.41) is 8.20. The summed E-state index contributed by atoms with van der Waals surface area (Å²) >= 11 is 0. The van der Waals surface area contributed by atoms with Crippen LogP contribution in [0.5, 0.6) is 0 Å². The van der Waals surface area contributed by atoms with Crippen molar-refractivity contribution in [3.63, 3.8) is 0 Å². The van der Waals surface area contributed by atoms with Crippen LogP contribution >= 0.6 is 0 Å². The fraction of sp³-hybridized carbons (Fsp3) is 0.500. The molecule has 0 rings (SSSR count). The number of aliphatic carboxylic acids is 1. The number of Topliss-reactive ketones (excluding diaryl/α,β-unsaturated/α-hetero) is 2. The van der Waals surface area contributed by atoms with Crippen molar-refractivity contribution < 1.29 is 29.0 Å². The quantitative estimate of drug-likeness (QED) is 0.462.